The number of rotatable bonds is 5. The van der Waals surface area contributed by atoms with E-state index in [1.165, 1.54) is 4.90 Å². The summed E-state index contributed by atoms with van der Waals surface area (Å²) in [7, 11) is 3.31. The summed E-state index contributed by atoms with van der Waals surface area (Å²) in [6, 6.07) is 12.5. The number of nitrogens with one attached hydrogen (secondary N) is 1. The number of amides is 2. The zero-order chi connectivity index (χ0) is 21.1. The monoisotopic (exact) mass is 402 g/mol. The molecule has 0 aromatic heterocycles. The van der Waals surface area contributed by atoms with Gasteiger partial charge in [0.15, 0.2) is 6.10 Å². The van der Waals surface area contributed by atoms with E-state index in [0.717, 1.165) is 5.56 Å². The largest absolute Gasteiger partial charge is 0.481 e. The number of ether oxygens (including phenoxy) is 1. The molecule has 2 amide bonds. The number of halogens is 1. The molecule has 150 valence electrons. The van der Waals surface area contributed by atoms with Gasteiger partial charge in [0.2, 0.25) is 0 Å². The van der Waals surface area contributed by atoms with Crippen molar-refractivity contribution in [2.24, 2.45) is 0 Å². The lowest BCUT2D eigenvalue weighted by Gasteiger charge is -2.21. The summed E-state index contributed by atoms with van der Waals surface area (Å²) in [5.74, 6) is 0.141. The van der Waals surface area contributed by atoms with E-state index in [2.05, 4.69) is 26.1 Å². The molecule has 5 nitrogen and oxygen atoms in total. The van der Waals surface area contributed by atoms with Gasteiger partial charge in [-0.05, 0) is 48.2 Å². The summed E-state index contributed by atoms with van der Waals surface area (Å²) >= 11 is 6.19. The lowest BCUT2D eigenvalue weighted by molar-refractivity contribution is -0.122. The Morgan fingerprint density at radius 2 is 1.79 bits per heavy atom. The Labute approximate surface area is 171 Å². The summed E-state index contributed by atoms with van der Waals surface area (Å²) in [6.45, 7) is 8.05. The van der Waals surface area contributed by atoms with E-state index >= 15 is 0 Å². The van der Waals surface area contributed by atoms with Crippen molar-refractivity contribution in [1.29, 1.82) is 0 Å². The maximum Gasteiger partial charge on any atom is 0.265 e. The minimum Gasteiger partial charge on any atom is -0.481 e. The van der Waals surface area contributed by atoms with Crippen LogP contribution < -0.4 is 10.1 Å². The first-order valence-corrected chi connectivity index (χ1v) is 9.46. The number of hydrogen-bond acceptors (Lipinski definition) is 3. The second kappa shape index (κ2) is 8.65. The van der Waals surface area contributed by atoms with Crippen LogP contribution in [0.3, 0.4) is 0 Å². The van der Waals surface area contributed by atoms with E-state index in [9.17, 15) is 9.59 Å². The Morgan fingerprint density at radius 3 is 2.36 bits per heavy atom. The van der Waals surface area contributed by atoms with Gasteiger partial charge < -0.3 is 15.0 Å². The molecule has 0 spiro atoms. The maximum atomic E-state index is 12.5. The molecule has 2 aromatic carbocycles. The van der Waals surface area contributed by atoms with Crippen LogP contribution in [-0.2, 0) is 10.2 Å². The molecule has 2 aromatic rings. The number of anilines is 1. The molecular formula is C22H27ClN2O3. The average Bonchev–Trinajstić information content (AvgIpc) is 2.60. The van der Waals surface area contributed by atoms with Gasteiger partial charge in [0.25, 0.3) is 11.8 Å². The minimum atomic E-state index is -0.697. The van der Waals surface area contributed by atoms with Gasteiger partial charge in [-0.2, -0.15) is 0 Å². The van der Waals surface area contributed by atoms with Crippen molar-refractivity contribution in [2.45, 2.75) is 39.2 Å². The molecule has 0 aliphatic carbocycles. The molecular weight excluding hydrogens is 376 g/mol. The Bertz CT molecular complexity index is 872. The van der Waals surface area contributed by atoms with Gasteiger partial charge in [0.05, 0.1) is 10.6 Å². The van der Waals surface area contributed by atoms with Gasteiger partial charge in [0, 0.05) is 19.8 Å². The van der Waals surface area contributed by atoms with Crippen molar-refractivity contribution in [2.75, 3.05) is 19.4 Å². The second-order valence-corrected chi connectivity index (χ2v) is 8.33. The number of hydrogen-bond donors (Lipinski definition) is 1. The standard InChI is InChI=1S/C22H27ClN2O3/c1-14(28-17-9-7-8-15(12-17)22(2,3)4)20(26)24-16-10-11-18(19(23)13-16)21(27)25(5)6/h7-14H,1-6H3,(H,24,26). The molecule has 28 heavy (non-hydrogen) atoms. The number of nitrogens with zero attached hydrogens (tertiary/aromatic N) is 1. The highest BCUT2D eigenvalue weighted by Crippen LogP contribution is 2.26. The lowest BCUT2D eigenvalue weighted by atomic mass is 9.87. The zero-order valence-corrected chi connectivity index (χ0v) is 17.9. The van der Waals surface area contributed by atoms with E-state index in [1.807, 2.05) is 24.3 Å². The molecule has 0 bridgehead atoms. The predicted molar refractivity (Wildman–Crippen MR) is 113 cm³/mol. The highest BCUT2D eigenvalue weighted by atomic mass is 35.5. The molecule has 0 saturated heterocycles. The van der Waals surface area contributed by atoms with Gasteiger partial charge in [-0.3, -0.25) is 9.59 Å². The van der Waals surface area contributed by atoms with Gasteiger partial charge in [0.1, 0.15) is 5.75 Å². The van der Waals surface area contributed by atoms with Crippen LogP contribution in [0.2, 0.25) is 5.02 Å². The predicted octanol–water partition coefficient (Wildman–Crippen LogP) is 4.75. The molecule has 0 aliphatic heterocycles. The molecule has 0 fully saturated rings. The van der Waals surface area contributed by atoms with Crippen LogP contribution in [0.15, 0.2) is 42.5 Å². The third kappa shape index (κ3) is 5.49. The molecule has 0 heterocycles. The summed E-state index contributed by atoms with van der Waals surface area (Å²) in [5.41, 5.74) is 2.01. The number of benzene rings is 2. The van der Waals surface area contributed by atoms with Crippen LogP contribution in [0.5, 0.6) is 5.75 Å². The molecule has 0 radical (unpaired) electrons. The van der Waals surface area contributed by atoms with E-state index in [1.54, 1.807) is 39.2 Å². The quantitative estimate of drug-likeness (QED) is 0.785. The smallest absolute Gasteiger partial charge is 0.265 e. The van der Waals surface area contributed by atoms with Gasteiger partial charge in [-0.15, -0.1) is 0 Å². The highest BCUT2D eigenvalue weighted by Gasteiger charge is 2.19. The Kier molecular flexibility index (Phi) is 6.73. The van der Waals surface area contributed by atoms with Crippen LogP contribution in [-0.4, -0.2) is 36.9 Å². The van der Waals surface area contributed by atoms with Crippen molar-refractivity contribution in [3.8, 4) is 5.75 Å². The molecule has 0 aliphatic rings. The lowest BCUT2D eigenvalue weighted by Crippen LogP contribution is -2.30. The number of carbonyl (C=O) groups excluding carboxylic acids is 2. The van der Waals surface area contributed by atoms with Gasteiger partial charge in [-0.1, -0.05) is 44.5 Å². The van der Waals surface area contributed by atoms with Crippen LogP contribution in [0.25, 0.3) is 0 Å². The van der Waals surface area contributed by atoms with E-state index in [4.69, 9.17) is 16.3 Å². The van der Waals surface area contributed by atoms with E-state index < -0.39 is 6.10 Å². The topological polar surface area (TPSA) is 58.6 Å². The zero-order valence-electron chi connectivity index (χ0n) is 17.2. The molecule has 2 rings (SSSR count). The fraction of sp³-hybridized carbons (Fsp3) is 0.364. The first kappa shape index (κ1) is 21.8. The maximum absolute atomic E-state index is 12.5. The minimum absolute atomic E-state index is 0.00659. The third-order valence-electron chi connectivity index (χ3n) is 4.26. The SMILES string of the molecule is CC(Oc1cccc(C(C)(C)C)c1)C(=O)Nc1ccc(C(=O)N(C)C)c(Cl)c1. The van der Waals surface area contributed by atoms with Gasteiger partial charge in [-0.25, -0.2) is 0 Å². The average molecular weight is 403 g/mol. The number of carbonyl (C=O) groups is 2. The van der Waals surface area contributed by atoms with Crippen LogP contribution >= 0.6 is 11.6 Å². The van der Waals surface area contributed by atoms with Crippen LogP contribution in [0, 0.1) is 0 Å². The fourth-order valence-electron chi connectivity index (χ4n) is 2.54. The Morgan fingerprint density at radius 1 is 1.11 bits per heavy atom. The van der Waals surface area contributed by atoms with Gasteiger partial charge >= 0.3 is 0 Å². The Balaban J connectivity index is 2.07. The first-order chi connectivity index (χ1) is 13.0. The normalized spacial score (nSPS) is 12.2. The summed E-state index contributed by atoms with van der Waals surface area (Å²) in [6.07, 6.45) is -0.697. The van der Waals surface area contributed by atoms with E-state index in [-0.39, 0.29) is 22.3 Å². The summed E-state index contributed by atoms with van der Waals surface area (Å²) in [4.78, 5) is 26.0. The van der Waals surface area contributed by atoms with Crippen LogP contribution in [0.4, 0.5) is 5.69 Å². The summed E-state index contributed by atoms with van der Waals surface area (Å²) in [5, 5.41) is 3.05. The molecule has 6 heteroatoms. The van der Waals surface area contributed by atoms with Crippen molar-refractivity contribution in [3.05, 3.63) is 58.6 Å². The van der Waals surface area contributed by atoms with Crippen LogP contribution in [0.1, 0.15) is 43.6 Å². The van der Waals surface area contributed by atoms with Crippen molar-refractivity contribution < 1.29 is 14.3 Å². The molecule has 0 saturated carbocycles. The van der Waals surface area contributed by atoms with Crippen molar-refractivity contribution in [3.63, 3.8) is 0 Å². The summed E-state index contributed by atoms with van der Waals surface area (Å²) < 4.78 is 5.80. The van der Waals surface area contributed by atoms with E-state index in [0.29, 0.717) is 17.0 Å². The first-order valence-electron chi connectivity index (χ1n) is 9.08. The molecule has 1 atom stereocenters. The molecule has 1 unspecified atom stereocenters. The van der Waals surface area contributed by atoms with Crippen molar-refractivity contribution in [1.82, 2.24) is 4.90 Å². The van der Waals surface area contributed by atoms with Crippen molar-refractivity contribution >= 4 is 29.1 Å². The third-order valence-corrected chi connectivity index (χ3v) is 4.57. The highest BCUT2D eigenvalue weighted by molar-refractivity contribution is 6.34. The Hall–Kier alpha value is -2.53. The molecule has 1 N–H and O–H groups in total. The fourth-order valence-corrected chi connectivity index (χ4v) is 2.81. The second-order valence-electron chi connectivity index (χ2n) is 7.92.